The zero-order chi connectivity index (χ0) is 19.3. The molecule has 0 saturated heterocycles. The molecule has 0 aliphatic carbocycles. The minimum Gasteiger partial charge on any atom is -0.353 e. The maximum absolute atomic E-state index is 12.9. The molecule has 26 heavy (non-hydrogen) atoms. The standard InChI is InChI=1S/C18H19ClF3N3O/c1-3-4-7-25(2)17(26)12-8-14(11-23-10-12)24-16-9-13(18(20,21)22)5-6-15(16)19/h5-6,8-11,24H,3-4,7H2,1-2H3. The van der Waals surface area contributed by atoms with Crippen molar-refractivity contribution in [1.82, 2.24) is 9.88 Å². The maximum atomic E-state index is 12.9. The second-order valence-electron chi connectivity index (χ2n) is 5.86. The fourth-order valence-corrected chi connectivity index (χ4v) is 2.46. The molecular formula is C18H19ClF3N3O. The Morgan fingerprint density at radius 3 is 2.65 bits per heavy atom. The summed E-state index contributed by atoms with van der Waals surface area (Å²) in [5.41, 5.74) is -0.00575. The quantitative estimate of drug-likeness (QED) is 0.727. The molecule has 2 aromatic rings. The summed E-state index contributed by atoms with van der Waals surface area (Å²) in [4.78, 5) is 18.0. The number of aromatic nitrogens is 1. The Morgan fingerprint density at radius 1 is 1.27 bits per heavy atom. The van der Waals surface area contributed by atoms with Crippen LogP contribution in [-0.4, -0.2) is 29.4 Å². The lowest BCUT2D eigenvalue weighted by molar-refractivity contribution is -0.137. The van der Waals surface area contributed by atoms with E-state index in [1.165, 1.54) is 24.5 Å². The second kappa shape index (κ2) is 8.40. The van der Waals surface area contributed by atoms with Crippen LogP contribution in [0.5, 0.6) is 0 Å². The summed E-state index contributed by atoms with van der Waals surface area (Å²) in [7, 11) is 1.70. The number of carbonyl (C=O) groups is 1. The molecule has 1 amide bonds. The minimum atomic E-state index is -4.47. The van der Waals surface area contributed by atoms with Crippen molar-refractivity contribution in [3.05, 3.63) is 52.8 Å². The zero-order valence-corrected chi connectivity index (χ0v) is 15.2. The smallest absolute Gasteiger partial charge is 0.353 e. The molecule has 0 aliphatic heterocycles. The topological polar surface area (TPSA) is 45.2 Å². The van der Waals surface area contributed by atoms with E-state index in [1.807, 2.05) is 6.92 Å². The van der Waals surface area contributed by atoms with Crippen molar-refractivity contribution in [2.24, 2.45) is 0 Å². The van der Waals surface area contributed by atoms with Crippen LogP contribution in [0.4, 0.5) is 24.5 Å². The number of rotatable bonds is 6. The number of halogens is 4. The third-order valence-corrected chi connectivity index (χ3v) is 4.08. The molecule has 0 aliphatic rings. The van der Waals surface area contributed by atoms with Crippen LogP contribution in [0.2, 0.25) is 5.02 Å². The summed E-state index contributed by atoms with van der Waals surface area (Å²) in [6.45, 7) is 2.65. The molecule has 8 heteroatoms. The highest BCUT2D eigenvalue weighted by molar-refractivity contribution is 6.33. The van der Waals surface area contributed by atoms with Crippen LogP contribution in [-0.2, 0) is 6.18 Å². The highest BCUT2D eigenvalue weighted by atomic mass is 35.5. The van der Waals surface area contributed by atoms with E-state index in [2.05, 4.69) is 10.3 Å². The average Bonchev–Trinajstić information content (AvgIpc) is 2.60. The number of anilines is 2. The number of pyridine rings is 1. The number of benzene rings is 1. The summed E-state index contributed by atoms with van der Waals surface area (Å²) >= 11 is 5.98. The van der Waals surface area contributed by atoms with Gasteiger partial charge in [0.2, 0.25) is 0 Å². The number of amides is 1. The van der Waals surface area contributed by atoms with Gasteiger partial charge in [0.05, 0.1) is 33.7 Å². The number of hydrogen-bond acceptors (Lipinski definition) is 3. The van der Waals surface area contributed by atoms with Gasteiger partial charge in [-0.05, 0) is 30.7 Å². The van der Waals surface area contributed by atoms with Crippen molar-refractivity contribution < 1.29 is 18.0 Å². The lowest BCUT2D eigenvalue weighted by Crippen LogP contribution is -2.27. The lowest BCUT2D eigenvalue weighted by Gasteiger charge is -2.17. The van der Waals surface area contributed by atoms with E-state index < -0.39 is 11.7 Å². The number of nitrogens with one attached hydrogen (secondary N) is 1. The van der Waals surface area contributed by atoms with Crippen molar-refractivity contribution in [3.8, 4) is 0 Å². The molecule has 0 saturated carbocycles. The van der Waals surface area contributed by atoms with Crippen LogP contribution in [0.1, 0.15) is 35.7 Å². The van der Waals surface area contributed by atoms with E-state index in [4.69, 9.17) is 11.6 Å². The Balaban J connectivity index is 2.22. The van der Waals surface area contributed by atoms with Gasteiger partial charge in [-0.3, -0.25) is 9.78 Å². The van der Waals surface area contributed by atoms with Crippen LogP contribution in [0.15, 0.2) is 36.7 Å². The molecule has 2 rings (SSSR count). The molecule has 0 spiro atoms. The van der Waals surface area contributed by atoms with Crippen molar-refractivity contribution >= 4 is 28.9 Å². The predicted octanol–water partition coefficient (Wildman–Crippen LogP) is 5.37. The van der Waals surface area contributed by atoms with Crippen LogP contribution in [0, 0.1) is 0 Å². The van der Waals surface area contributed by atoms with E-state index in [1.54, 1.807) is 11.9 Å². The molecule has 4 nitrogen and oxygen atoms in total. The molecule has 1 aromatic carbocycles. The van der Waals surface area contributed by atoms with Crippen LogP contribution in [0.25, 0.3) is 0 Å². The lowest BCUT2D eigenvalue weighted by atomic mass is 10.2. The summed E-state index contributed by atoms with van der Waals surface area (Å²) in [5, 5.41) is 2.93. The van der Waals surface area contributed by atoms with Gasteiger partial charge in [0.25, 0.3) is 5.91 Å². The van der Waals surface area contributed by atoms with Crippen LogP contribution in [0.3, 0.4) is 0 Å². The number of hydrogen-bond donors (Lipinski definition) is 1. The molecule has 0 atom stereocenters. The van der Waals surface area contributed by atoms with E-state index in [-0.39, 0.29) is 16.6 Å². The van der Waals surface area contributed by atoms with Gasteiger partial charge < -0.3 is 10.2 Å². The Morgan fingerprint density at radius 2 is 2.00 bits per heavy atom. The predicted molar refractivity (Wildman–Crippen MR) is 95.8 cm³/mol. The van der Waals surface area contributed by atoms with Crippen molar-refractivity contribution in [1.29, 1.82) is 0 Å². The summed E-state index contributed by atoms with van der Waals surface area (Å²) < 4.78 is 38.6. The maximum Gasteiger partial charge on any atom is 0.416 e. The number of unbranched alkanes of at least 4 members (excludes halogenated alkanes) is 1. The molecule has 1 aromatic heterocycles. The number of alkyl halides is 3. The van der Waals surface area contributed by atoms with E-state index >= 15 is 0 Å². The highest BCUT2D eigenvalue weighted by Gasteiger charge is 2.31. The molecule has 0 bridgehead atoms. The Kier molecular flexibility index (Phi) is 6.47. The van der Waals surface area contributed by atoms with E-state index in [0.717, 1.165) is 25.0 Å². The van der Waals surface area contributed by atoms with Crippen molar-refractivity contribution in [2.75, 3.05) is 18.9 Å². The highest BCUT2D eigenvalue weighted by Crippen LogP contribution is 2.34. The normalized spacial score (nSPS) is 11.3. The van der Waals surface area contributed by atoms with Gasteiger partial charge in [0.1, 0.15) is 0 Å². The molecule has 0 radical (unpaired) electrons. The molecule has 1 N–H and O–H groups in total. The summed E-state index contributed by atoms with van der Waals surface area (Å²) in [6.07, 6.45) is 0.209. The largest absolute Gasteiger partial charge is 0.416 e. The van der Waals surface area contributed by atoms with Gasteiger partial charge in [-0.1, -0.05) is 24.9 Å². The third-order valence-electron chi connectivity index (χ3n) is 3.75. The zero-order valence-electron chi connectivity index (χ0n) is 14.4. The summed E-state index contributed by atoms with van der Waals surface area (Å²) in [6, 6.07) is 4.54. The fourth-order valence-electron chi connectivity index (χ4n) is 2.30. The Bertz CT molecular complexity index is 781. The molecule has 0 unspecified atom stereocenters. The second-order valence-corrected chi connectivity index (χ2v) is 6.27. The van der Waals surface area contributed by atoms with Gasteiger partial charge >= 0.3 is 6.18 Å². The van der Waals surface area contributed by atoms with Crippen LogP contribution < -0.4 is 5.32 Å². The van der Waals surface area contributed by atoms with Gasteiger partial charge in [-0.25, -0.2) is 0 Å². The van der Waals surface area contributed by atoms with Crippen molar-refractivity contribution in [3.63, 3.8) is 0 Å². The molecule has 140 valence electrons. The first kappa shape index (κ1) is 20.0. The molecule has 0 fully saturated rings. The molecular weight excluding hydrogens is 367 g/mol. The minimum absolute atomic E-state index is 0.0900. The van der Waals surface area contributed by atoms with Gasteiger partial charge in [-0.2, -0.15) is 13.2 Å². The Labute approximate surface area is 155 Å². The Hall–Kier alpha value is -2.28. The fraction of sp³-hybridized carbons (Fsp3) is 0.333. The number of nitrogens with zero attached hydrogens (tertiary/aromatic N) is 2. The van der Waals surface area contributed by atoms with Crippen LogP contribution >= 0.6 is 11.6 Å². The number of carbonyl (C=O) groups excluding carboxylic acids is 1. The first-order chi connectivity index (χ1) is 12.2. The first-order valence-electron chi connectivity index (χ1n) is 8.06. The van der Waals surface area contributed by atoms with Gasteiger partial charge in [-0.15, -0.1) is 0 Å². The van der Waals surface area contributed by atoms with Gasteiger partial charge in [0.15, 0.2) is 0 Å². The summed E-state index contributed by atoms with van der Waals surface area (Å²) in [5.74, 6) is -0.204. The average molecular weight is 386 g/mol. The van der Waals surface area contributed by atoms with E-state index in [0.29, 0.717) is 17.8 Å². The monoisotopic (exact) mass is 385 g/mol. The SMILES string of the molecule is CCCCN(C)C(=O)c1cncc(Nc2cc(C(F)(F)F)ccc2Cl)c1. The third kappa shape index (κ3) is 5.11. The first-order valence-corrected chi connectivity index (χ1v) is 8.44. The van der Waals surface area contributed by atoms with Gasteiger partial charge in [0, 0.05) is 19.8 Å². The molecule has 1 heterocycles. The van der Waals surface area contributed by atoms with Crippen molar-refractivity contribution in [2.45, 2.75) is 25.9 Å². The van der Waals surface area contributed by atoms with E-state index in [9.17, 15) is 18.0 Å².